The lowest BCUT2D eigenvalue weighted by Gasteiger charge is -2.24. The highest BCUT2D eigenvalue weighted by Crippen LogP contribution is 2.24. The van der Waals surface area contributed by atoms with Crippen LogP contribution in [-0.2, 0) is 0 Å². The highest BCUT2D eigenvalue weighted by atomic mass is 79.9. The van der Waals surface area contributed by atoms with E-state index in [4.69, 9.17) is 11.6 Å². The van der Waals surface area contributed by atoms with Crippen molar-refractivity contribution in [2.45, 2.75) is 32.7 Å². The van der Waals surface area contributed by atoms with E-state index in [9.17, 15) is 4.79 Å². The van der Waals surface area contributed by atoms with E-state index in [0.717, 1.165) is 17.3 Å². The number of hydrogen-bond acceptors (Lipinski definition) is 1. The van der Waals surface area contributed by atoms with Crippen LogP contribution in [0.5, 0.6) is 0 Å². The first kappa shape index (κ1) is 14.5. The summed E-state index contributed by atoms with van der Waals surface area (Å²) in [6.45, 7) is 4.18. The Balaban J connectivity index is 2.85. The van der Waals surface area contributed by atoms with Crippen molar-refractivity contribution < 1.29 is 4.79 Å². The zero-order valence-electron chi connectivity index (χ0n) is 10.3. The van der Waals surface area contributed by atoms with Crippen LogP contribution in [0.15, 0.2) is 22.7 Å². The summed E-state index contributed by atoms with van der Waals surface area (Å²) in [7, 11) is 1.84. The molecule has 0 fully saturated rings. The molecule has 1 rings (SSSR count). The molecule has 1 aromatic carbocycles. The van der Waals surface area contributed by atoms with Gasteiger partial charge in [-0.25, -0.2) is 0 Å². The fourth-order valence-corrected chi connectivity index (χ4v) is 2.14. The molecule has 2 nitrogen and oxygen atoms in total. The van der Waals surface area contributed by atoms with Crippen LogP contribution in [0.3, 0.4) is 0 Å². The first-order chi connectivity index (χ1) is 7.97. The van der Waals surface area contributed by atoms with Gasteiger partial charge in [-0.3, -0.25) is 4.79 Å². The third-order valence-corrected chi connectivity index (χ3v) is 4.07. The molecule has 4 heteroatoms. The Labute approximate surface area is 116 Å². The first-order valence-electron chi connectivity index (χ1n) is 5.69. The van der Waals surface area contributed by atoms with Crippen LogP contribution in [-0.4, -0.2) is 23.9 Å². The number of nitrogens with zero attached hydrogens (tertiary/aromatic N) is 1. The second-order valence-electron chi connectivity index (χ2n) is 4.18. The van der Waals surface area contributed by atoms with Crippen LogP contribution in [0.1, 0.15) is 37.0 Å². The van der Waals surface area contributed by atoms with Crippen LogP contribution in [0.4, 0.5) is 0 Å². The fraction of sp³-hybridized carbons (Fsp3) is 0.462. The molecule has 0 aromatic heterocycles. The molecule has 1 atom stereocenters. The maximum absolute atomic E-state index is 12.2. The summed E-state index contributed by atoms with van der Waals surface area (Å²) >= 11 is 9.23. The number of benzene rings is 1. The van der Waals surface area contributed by atoms with Crippen molar-refractivity contribution in [1.29, 1.82) is 0 Å². The molecule has 94 valence electrons. The van der Waals surface area contributed by atoms with E-state index >= 15 is 0 Å². The average molecular weight is 319 g/mol. The average Bonchev–Trinajstić information content (AvgIpc) is 2.31. The largest absolute Gasteiger partial charge is 0.339 e. The van der Waals surface area contributed by atoms with Crippen LogP contribution in [0.2, 0.25) is 5.02 Å². The van der Waals surface area contributed by atoms with Gasteiger partial charge in [0, 0.05) is 23.1 Å². The van der Waals surface area contributed by atoms with E-state index < -0.39 is 0 Å². The first-order valence-corrected chi connectivity index (χ1v) is 6.86. The zero-order valence-corrected chi connectivity index (χ0v) is 12.7. The molecular formula is C13H17BrClNO. The Morgan fingerprint density at radius 3 is 2.71 bits per heavy atom. The molecule has 0 radical (unpaired) electrons. The third-order valence-electron chi connectivity index (χ3n) is 2.85. The lowest BCUT2D eigenvalue weighted by atomic mass is 10.1. The molecule has 0 spiro atoms. The van der Waals surface area contributed by atoms with Crippen molar-refractivity contribution in [3.8, 4) is 0 Å². The number of amides is 1. The molecule has 0 bridgehead atoms. The Kier molecular flexibility index (Phi) is 5.47. The van der Waals surface area contributed by atoms with Crippen molar-refractivity contribution >= 4 is 33.4 Å². The van der Waals surface area contributed by atoms with Crippen molar-refractivity contribution in [2.75, 3.05) is 7.05 Å². The zero-order chi connectivity index (χ0) is 13.0. The Hall–Kier alpha value is -0.540. The highest BCUT2D eigenvalue weighted by Gasteiger charge is 2.17. The maximum atomic E-state index is 12.2. The van der Waals surface area contributed by atoms with E-state index in [1.165, 1.54) is 0 Å². The minimum absolute atomic E-state index is 0.0308. The van der Waals surface area contributed by atoms with Crippen LogP contribution >= 0.6 is 27.5 Å². The second kappa shape index (κ2) is 6.41. The fourth-order valence-electron chi connectivity index (χ4n) is 1.64. The van der Waals surface area contributed by atoms with Crippen molar-refractivity contribution in [3.05, 3.63) is 33.3 Å². The van der Waals surface area contributed by atoms with E-state index in [-0.39, 0.29) is 11.9 Å². The number of carbonyl (C=O) groups excluding carboxylic acids is 1. The summed E-state index contributed by atoms with van der Waals surface area (Å²) in [4.78, 5) is 14.0. The topological polar surface area (TPSA) is 20.3 Å². The highest BCUT2D eigenvalue weighted by molar-refractivity contribution is 9.10. The number of halogens is 2. The van der Waals surface area contributed by atoms with E-state index in [1.54, 1.807) is 23.1 Å². The monoisotopic (exact) mass is 317 g/mol. The van der Waals surface area contributed by atoms with Crippen LogP contribution in [0.25, 0.3) is 0 Å². The molecule has 0 saturated heterocycles. The van der Waals surface area contributed by atoms with Crippen molar-refractivity contribution in [2.24, 2.45) is 0 Å². The molecule has 17 heavy (non-hydrogen) atoms. The lowest BCUT2D eigenvalue weighted by Crippen LogP contribution is -2.34. The van der Waals surface area contributed by atoms with Gasteiger partial charge in [-0.2, -0.15) is 0 Å². The minimum atomic E-state index is 0.0308. The summed E-state index contributed by atoms with van der Waals surface area (Å²) in [5.74, 6) is 0.0308. The van der Waals surface area contributed by atoms with Crippen LogP contribution < -0.4 is 0 Å². The van der Waals surface area contributed by atoms with Crippen LogP contribution in [0, 0.1) is 0 Å². The van der Waals surface area contributed by atoms with Gasteiger partial charge in [-0.1, -0.05) is 24.9 Å². The number of carbonyl (C=O) groups is 1. The Bertz CT molecular complexity index is 408. The number of rotatable bonds is 4. The molecule has 0 aliphatic heterocycles. The molecule has 0 saturated carbocycles. The summed E-state index contributed by atoms with van der Waals surface area (Å²) in [6, 6.07) is 5.50. The summed E-state index contributed by atoms with van der Waals surface area (Å²) in [6.07, 6.45) is 2.08. The van der Waals surface area contributed by atoms with E-state index in [2.05, 4.69) is 29.8 Å². The van der Waals surface area contributed by atoms with Gasteiger partial charge in [0.25, 0.3) is 5.91 Å². The molecule has 1 amide bonds. The van der Waals surface area contributed by atoms with Gasteiger partial charge in [0.05, 0.1) is 5.02 Å². The Morgan fingerprint density at radius 2 is 2.18 bits per heavy atom. The summed E-state index contributed by atoms with van der Waals surface area (Å²) < 4.78 is 0.751. The van der Waals surface area contributed by atoms with Gasteiger partial charge in [0.15, 0.2) is 0 Å². The second-order valence-corrected chi connectivity index (χ2v) is 5.44. The predicted octanol–water partition coefficient (Wildman–Crippen LogP) is 4.36. The van der Waals surface area contributed by atoms with Crippen molar-refractivity contribution in [1.82, 2.24) is 4.90 Å². The van der Waals surface area contributed by atoms with E-state index in [0.29, 0.717) is 10.6 Å². The van der Waals surface area contributed by atoms with Gasteiger partial charge in [-0.15, -0.1) is 0 Å². The lowest BCUT2D eigenvalue weighted by molar-refractivity contribution is 0.0736. The van der Waals surface area contributed by atoms with Gasteiger partial charge in [0.2, 0.25) is 0 Å². The smallest absolute Gasteiger partial charge is 0.253 e. The predicted molar refractivity (Wildman–Crippen MR) is 75.6 cm³/mol. The molecule has 0 N–H and O–H groups in total. The normalized spacial score (nSPS) is 12.3. The van der Waals surface area contributed by atoms with Gasteiger partial charge in [0.1, 0.15) is 0 Å². The number of hydrogen-bond donors (Lipinski definition) is 0. The molecule has 1 unspecified atom stereocenters. The standard InChI is InChI=1S/C13H17BrClNO/c1-4-5-9(2)16(3)13(17)10-6-7-12(15)11(14)8-10/h6-9H,4-5H2,1-3H3. The van der Waals surface area contributed by atoms with Gasteiger partial charge >= 0.3 is 0 Å². The maximum Gasteiger partial charge on any atom is 0.253 e. The molecule has 1 aromatic rings. The minimum Gasteiger partial charge on any atom is -0.339 e. The Morgan fingerprint density at radius 1 is 1.53 bits per heavy atom. The quantitative estimate of drug-likeness (QED) is 0.807. The van der Waals surface area contributed by atoms with Gasteiger partial charge < -0.3 is 4.90 Å². The van der Waals surface area contributed by atoms with Gasteiger partial charge in [-0.05, 0) is 47.5 Å². The SMILES string of the molecule is CCCC(C)N(C)C(=O)c1ccc(Cl)c(Br)c1. The van der Waals surface area contributed by atoms with E-state index in [1.807, 2.05) is 7.05 Å². The summed E-state index contributed by atoms with van der Waals surface area (Å²) in [5, 5.41) is 0.616. The molecule has 0 aliphatic carbocycles. The molecule has 0 aliphatic rings. The van der Waals surface area contributed by atoms with Crippen molar-refractivity contribution in [3.63, 3.8) is 0 Å². The molecule has 0 heterocycles. The summed E-state index contributed by atoms with van der Waals surface area (Å²) in [5.41, 5.74) is 0.659. The molecular weight excluding hydrogens is 302 g/mol. The third kappa shape index (κ3) is 3.71.